The van der Waals surface area contributed by atoms with Crippen LogP contribution < -0.4 is 11.1 Å². The summed E-state index contributed by atoms with van der Waals surface area (Å²) in [7, 11) is 0. The average molecular weight is 326 g/mol. The van der Waals surface area contributed by atoms with Gasteiger partial charge in [0.25, 0.3) is 0 Å². The fraction of sp³-hybridized carbons (Fsp3) is 0.333. The number of carbonyl (C=O) groups excluding carboxylic acids is 1. The molecule has 0 fully saturated rings. The number of nitrogens with zero attached hydrogens (tertiary/aromatic N) is 1. The molecule has 4 nitrogen and oxygen atoms in total. The summed E-state index contributed by atoms with van der Waals surface area (Å²) in [5.74, 6) is -0.129. The quantitative estimate of drug-likeness (QED) is 0.858. The Morgan fingerprint density at radius 3 is 2.67 bits per heavy atom. The van der Waals surface area contributed by atoms with Crippen LogP contribution in [0.3, 0.4) is 0 Å². The highest BCUT2D eigenvalue weighted by Crippen LogP contribution is 2.23. The molecule has 2 rings (SSSR count). The Bertz CT molecular complexity index is 533. The summed E-state index contributed by atoms with van der Waals surface area (Å²) in [5.41, 5.74) is 6.89. The van der Waals surface area contributed by atoms with E-state index in [1.165, 1.54) is 11.3 Å². The maximum absolute atomic E-state index is 12.2. The number of aromatic nitrogens is 1. The lowest BCUT2D eigenvalue weighted by atomic mass is 10.1. The highest BCUT2D eigenvalue weighted by molar-refractivity contribution is 7.09. The monoisotopic (exact) mass is 325 g/mol. The average Bonchev–Trinajstić information content (AvgIpc) is 2.99. The van der Waals surface area contributed by atoms with Gasteiger partial charge in [0.2, 0.25) is 5.91 Å². The van der Waals surface area contributed by atoms with Crippen molar-refractivity contribution in [2.75, 3.05) is 0 Å². The first-order chi connectivity index (χ1) is 9.72. The molecule has 6 heteroatoms. The molecule has 0 radical (unpaired) electrons. The van der Waals surface area contributed by atoms with Crippen molar-refractivity contribution in [1.82, 2.24) is 10.3 Å². The van der Waals surface area contributed by atoms with Gasteiger partial charge in [-0.25, -0.2) is 4.98 Å². The standard InChI is InChI=1S/C15H19N3OS.ClH/c1-2-6-12(16)14(19)18-13(15-17-9-10-20-15)11-7-4-3-5-8-11;/h3-5,7-10,12-13H,2,6,16H2,1H3,(H,18,19);1H. The van der Waals surface area contributed by atoms with Gasteiger partial charge in [-0.1, -0.05) is 43.7 Å². The van der Waals surface area contributed by atoms with Crippen LogP contribution >= 0.6 is 23.7 Å². The van der Waals surface area contributed by atoms with Gasteiger partial charge in [-0.15, -0.1) is 23.7 Å². The van der Waals surface area contributed by atoms with Crippen LogP contribution in [0.1, 0.15) is 36.4 Å². The second kappa shape index (κ2) is 8.77. The molecule has 1 aromatic heterocycles. The number of benzene rings is 1. The third-order valence-electron chi connectivity index (χ3n) is 3.05. The zero-order valence-corrected chi connectivity index (χ0v) is 13.5. The topological polar surface area (TPSA) is 68.0 Å². The van der Waals surface area contributed by atoms with E-state index in [1.807, 2.05) is 42.6 Å². The molecule has 0 saturated carbocycles. The first kappa shape index (κ1) is 17.6. The molecule has 0 bridgehead atoms. The fourth-order valence-electron chi connectivity index (χ4n) is 2.00. The molecule has 3 N–H and O–H groups in total. The number of hydrogen-bond acceptors (Lipinski definition) is 4. The summed E-state index contributed by atoms with van der Waals surface area (Å²) in [4.78, 5) is 16.5. The molecule has 21 heavy (non-hydrogen) atoms. The summed E-state index contributed by atoms with van der Waals surface area (Å²) in [6.45, 7) is 2.02. The van der Waals surface area contributed by atoms with Crippen LogP contribution in [0.15, 0.2) is 41.9 Å². The van der Waals surface area contributed by atoms with E-state index in [0.717, 1.165) is 17.0 Å². The Balaban J connectivity index is 0.00000220. The van der Waals surface area contributed by atoms with E-state index < -0.39 is 6.04 Å². The van der Waals surface area contributed by atoms with Crippen molar-refractivity contribution in [3.8, 4) is 0 Å². The van der Waals surface area contributed by atoms with E-state index >= 15 is 0 Å². The zero-order chi connectivity index (χ0) is 14.4. The van der Waals surface area contributed by atoms with E-state index in [0.29, 0.717) is 6.42 Å². The van der Waals surface area contributed by atoms with Crippen molar-refractivity contribution in [3.05, 3.63) is 52.5 Å². The summed E-state index contributed by atoms with van der Waals surface area (Å²) < 4.78 is 0. The van der Waals surface area contributed by atoms with Crippen molar-refractivity contribution >= 4 is 29.7 Å². The second-order valence-electron chi connectivity index (χ2n) is 4.62. The van der Waals surface area contributed by atoms with Crippen LogP contribution in [-0.2, 0) is 4.79 Å². The lowest BCUT2D eigenvalue weighted by molar-refractivity contribution is -0.123. The van der Waals surface area contributed by atoms with Gasteiger partial charge in [0.15, 0.2) is 0 Å². The molecule has 2 aromatic rings. The van der Waals surface area contributed by atoms with Crippen LogP contribution in [0.25, 0.3) is 0 Å². The van der Waals surface area contributed by atoms with Crippen molar-refractivity contribution in [1.29, 1.82) is 0 Å². The Labute approximate surface area is 135 Å². The lowest BCUT2D eigenvalue weighted by Crippen LogP contribution is -2.42. The Hall–Kier alpha value is -1.43. The highest BCUT2D eigenvalue weighted by atomic mass is 35.5. The molecule has 1 aromatic carbocycles. The largest absolute Gasteiger partial charge is 0.341 e. The van der Waals surface area contributed by atoms with Crippen molar-refractivity contribution in [3.63, 3.8) is 0 Å². The lowest BCUT2D eigenvalue weighted by Gasteiger charge is -2.19. The number of carbonyl (C=O) groups is 1. The molecule has 1 heterocycles. The van der Waals surface area contributed by atoms with Crippen molar-refractivity contribution in [2.45, 2.75) is 31.8 Å². The van der Waals surface area contributed by atoms with Gasteiger partial charge in [-0.2, -0.15) is 0 Å². The second-order valence-corrected chi connectivity index (χ2v) is 5.54. The zero-order valence-electron chi connectivity index (χ0n) is 11.9. The SMILES string of the molecule is CCCC(N)C(=O)NC(c1ccccc1)c1nccs1.Cl. The van der Waals surface area contributed by atoms with Gasteiger partial charge in [0, 0.05) is 11.6 Å². The van der Waals surface area contributed by atoms with Crippen LogP contribution in [0, 0.1) is 0 Å². The first-order valence-electron chi connectivity index (χ1n) is 6.72. The number of nitrogens with two attached hydrogens (primary N) is 1. The highest BCUT2D eigenvalue weighted by Gasteiger charge is 2.21. The Morgan fingerprint density at radius 2 is 2.10 bits per heavy atom. The van der Waals surface area contributed by atoms with Gasteiger partial charge >= 0.3 is 0 Å². The molecule has 0 spiro atoms. The summed E-state index contributed by atoms with van der Waals surface area (Å²) in [6.07, 6.45) is 3.32. The first-order valence-corrected chi connectivity index (χ1v) is 7.60. The summed E-state index contributed by atoms with van der Waals surface area (Å²) in [5, 5.41) is 5.78. The molecular formula is C15H20ClN3OS. The molecule has 2 atom stereocenters. The van der Waals surface area contributed by atoms with Gasteiger partial charge in [0.1, 0.15) is 11.0 Å². The molecular weight excluding hydrogens is 306 g/mol. The van der Waals surface area contributed by atoms with Crippen LogP contribution in [0.4, 0.5) is 0 Å². The van der Waals surface area contributed by atoms with E-state index in [4.69, 9.17) is 5.73 Å². The Morgan fingerprint density at radius 1 is 1.38 bits per heavy atom. The molecule has 114 valence electrons. The normalized spacial score (nSPS) is 13.0. The van der Waals surface area contributed by atoms with E-state index in [1.54, 1.807) is 6.20 Å². The smallest absolute Gasteiger partial charge is 0.237 e. The van der Waals surface area contributed by atoms with Gasteiger partial charge in [0.05, 0.1) is 6.04 Å². The fourth-order valence-corrected chi connectivity index (χ4v) is 2.72. The maximum atomic E-state index is 12.2. The number of amides is 1. The number of rotatable bonds is 6. The minimum Gasteiger partial charge on any atom is -0.341 e. The molecule has 0 aliphatic carbocycles. The molecule has 2 unspecified atom stereocenters. The van der Waals surface area contributed by atoms with E-state index in [2.05, 4.69) is 10.3 Å². The Kier molecular flexibility index (Phi) is 7.36. The van der Waals surface area contributed by atoms with Gasteiger partial charge in [-0.3, -0.25) is 4.79 Å². The number of thiazole rings is 1. The summed E-state index contributed by atoms with van der Waals surface area (Å²) >= 11 is 1.53. The minimum absolute atomic E-state index is 0. The predicted octanol–water partition coefficient (Wildman–Crippen LogP) is 2.90. The third-order valence-corrected chi connectivity index (χ3v) is 3.89. The summed E-state index contributed by atoms with van der Waals surface area (Å²) in [6, 6.07) is 9.13. The van der Waals surface area contributed by atoms with Crippen LogP contribution in [-0.4, -0.2) is 16.9 Å². The van der Waals surface area contributed by atoms with Gasteiger partial charge < -0.3 is 11.1 Å². The number of hydrogen-bond donors (Lipinski definition) is 2. The van der Waals surface area contributed by atoms with Crippen LogP contribution in [0.5, 0.6) is 0 Å². The van der Waals surface area contributed by atoms with Gasteiger partial charge in [-0.05, 0) is 12.0 Å². The molecule has 0 saturated heterocycles. The third kappa shape index (κ3) is 4.81. The molecule has 1 amide bonds. The number of nitrogens with one attached hydrogen (secondary N) is 1. The van der Waals surface area contributed by atoms with Crippen molar-refractivity contribution < 1.29 is 4.79 Å². The number of halogens is 1. The van der Waals surface area contributed by atoms with Crippen LogP contribution in [0.2, 0.25) is 0 Å². The predicted molar refractivity (Wildman–Crippen MR) is 88.7 cm³/mol. The minimum atomic E-state index is -0.467. The molecule has 0 aliphatic heterocycles. The maximum Gasteiger partial charge on any atom is 0.237 e. The van der Waals surface area contributed by atoms with E-state index in [9.17, 15) is 4.79 Å². The molecule has 0 aliphatic rings. The van der Waals surface area contributed by atoms with Crippen molar-refractivity contribution in [2.24, 2.45) is 5.73 Å². The van der Waals surface area contributed by atoms with E-state index in [-0.39, 0.29) is 24.4 Å².